The van der Waals surface area contributed by atoms with Gasteiger partial charge in [-0.05, 0) is 19.1 Å². The van der Waals surface area contributed by atoms with Gasteiger partial charge in [0.1, 0.15) is 0 Å². The van der Waals surface area contributed by atoms with Crippen LogP contribution in [0.25, 0.3) is 0 Å². The topological polar surface area (TPSA) is 58.6 Å². The van der Waals surface area contributed by atoms with Gasteiger partial charge in [0.15, 0.2) is 5.82 Å². The summed E-state index contributed by atoms with van der Waals surface area (Å²) in [5.74, 6) is -1.17. The molecule has 0 aliphatic heterocycles. The molecule has 2 N–H and O–H groups in total. The molecule has 0 aliphatic rings. The second kappa shape index (κ2) is 7.53. The predicted molar refractivity (Wildman–Crippen MR) is 72.2 cm³/mol. The van der Waals surface area contributed by atoms with Gasteiger partial charge >= 0.3 is 5.97 Å². The number of ether oxygens (including phenoxy) is 1. The van der Waals surface area contributed by atoms with Gasteiger partial charge in [0, 0.05) is 12.2 Å². The van der Waals surface area contributed by atoms with Gasteiger partial charge in [-0.1, -0.05) is 23.2 Å². The third-order valence-electron chi connectivity index (χ3n) is 2.23. The molecule has 1 aromatic rings. The predicted octanol–water partition coefficient (Wildman–Crippen LogP) is 2.86. The first-order chi connectivity index (χ1) is 8.93. The highest BCUT2D eigenvalue weighted by molar-refractivity contribution is 6.35. The molecule has 4 nitrogen and oxygen atoms in total. The fourth-order valence-corrected chi connectivity index (χ4v) is 1.86. The maximum atomic E-state index is 13.2. The molecule has 0 bridgehead atoms. The van der Waals surface area contributed by atoms with Crippen molar-refractivity contribution in [2.75, 3.05) is 18.5 Å². The van der Waals surface area contributed by atoms with Gasteiger partial charge in [0.25, 0.3) is 0 Å². The summed E-state index contributed by atoms with van der Waals surface area (Å²) in [5.41, 5.74) is 0.458. The Morgan fingerprint density at radius 1 is 1.47 bits per heavy atom. The Balaban J connectivity index is 2.50. The van der Waals surface area contributed by atoms with Crippen LogP contribution in [0.3, 0.4) is 0 Å². The van der Waals surface area contributed by atoms with Crippen molar-refractivity contribution >= 4 is 34.9 Å². The van der Waals surface area contributed by atoms with Crippen LogP contribution in [0.2, 0.25) is 10.0 Å². The van der Waals surface area contributed by atoms with Gasteiger partial charge in [-0.3, -0.25) is 4.79 Å². The number of carbonyl (C=O) groups is 1. The molecule has 1 atom stereocenters. The van der Waals surface area contributed by atoms with E-state index in [1.165, 1.54) is 12.1 Å². The molecule has 0 fully saturated rings. The van der Waals surface area contributed by atoms with Crippen molar-refractivity contribution in [1.82, 2.24) is 0 Å². The Bertz CT molecular complexity index is 434. The molecular weight excluding hydrogens is 296 g/mol. The van der Waals surface area contributed by atoms with E-state index < -0.39 is 17.9 Å². The molecule has 0 aliphatic carbocycles. The van der Waals surface area contributed by atoms with Crippen LogP contribution in [0.15, 0.2) is 12.1 Å². The van der Waals surface area contributed by atoms with Crippen molar-refractivity contribution in [3.63, 3.8) is 0 Å². The maximum Gasteiger partial charge on any atom is 0.308 e. The Kier molecular flexibility index (Phi) is 6.34. The van der Waals surface area contributed by atoms with E-state index in [4.69, 9.17) is 27.9 Å². The lowest BCUT2D eigenvalue weighted by Gasteiger charge is -2.13. The van der Waals surface area contributed by atoms with E-state index >= 15 is 0 Å². The maximum absolute atomic E-state index is 13.2. The zero-order chi connectivity index (χ0) is 14.4. The lowest BCUT2D eigenvalue weighted by atomic mass is 10.2. The van der Waals surface area contributed by atoms with E-state index in [-0.39, 0.29) is 29.6 Å². The van der Waals surface area contributed by atoms with E-state index in [1.807, 2.05) is 0 Å². The number of esters is 1. The smallest absolute Gasteiger partial charge is 0.308 e. The summed E-state index contributed by atoms with van der Waals surface area (Å²) in [4.78, 5) is 11.1. The van der Waals surface area contributed by atoms with Crippen LogP contribution < -0.4 is 5.32 Å². The number of aliphatic hydroxyl groups excluding tert-OH is 1. The van der Waals surface area contributed by atoms with Crippen molar-refractivity contribution in [2.45, 2.75) is 19.4 Å². The van der Waals surface area contributed by atoms with Gasteiger partial charge in [-0.15, -0.1) is 0 Å². The molecule has 19 heavy (non-hydrogen) atoms. The number of nitrogens with one attached hydrogen (secondary N) is 1. The van der Waals surface area contributed by atoms with Crippen molar-refractivity contribution in [3.05, 3.63) is 28.0 Å². The Morgan fingerprint density at radius 3 is 2.58 bits per heavy atom. The molecule has 1 aromatic carbocycles. The molecule has 0 amide bonds. The van der Waals surface area contributed by atoms with Gasteiger partial charge in [0.2, 0.25) is 0 Å². The Hall–Kier alpha value is -1.04. The minimum atomic E-state index is -0.915. The summed E-state index contributed by atoms with van der Waals surface area (Å²) >= 11 is 11.2. The van der Waals surface area contributed by atoms with Gasteiger partial charge < -0.3 is 15.2 Å². The monoisotopic (exact) mass is 309 g/mol. The number of benzene rings is 1. The van der Waals surface area contributed by atoms with Gasteiger partial charge in [-0.2, -0.15) is 0 Å². The lowest BCUT2D eigenvalue weighted by molar-refractivity contribution is -0.145. The first kappa shape index (κ1) is 16.0. The number of halogens is 3. The van der Waals surface area contributed by atoms with E-state index in [9.17, 15) is 14.3 Å². The van der Waals surface area contributed by atoms with E-state index in [0.717, 1.165) is 0 Å². The SMILES string of the molecule is CCOC(=O)CC(O)CNc1cc(Cl)c(F)c(Cl)c1. The summed E-state index contributed by atoms with van der Waals surface area (Å²) in [7, 11) is 0. The first-order valence-corrected chi connectivity index (χ1v) is 6.41. The Labute approximate surface area is 120 Å². The molecule has 0 heterocycles. The third-order valence-corrected chi connectivity index (χ3v) is 2.78. The Morgan fingerprint density at radius 2 is 2.05 bits per heavy atom. The minimum absolute atomic E-state index is 0.0943. The number of hydrogen-bond acceptors (Lipinski definition) is 4. The molecule has 0 spiro atoms. The summed E-state index contributed by atoms with van der Waals surface area (Å²) in [6, 6.07) is 2.69. The highest BCUT2D eigenvalue weighted by Crippen LogP contribution is 2.27. The molecule has 0 saturated carbocycles. The number of rotatable bonds is 6. The van der Waals surface area contributed by atoms with Crippen LogP contribution in [0.1, 0.15) is 13.3 Å². The zero-order valence-corrected chi connectivity index (χ0v) is 11.8. The number of anilines is 1. The van der Waals surface area contributed by atoms with Crippen molar-refractivity contribution in [1.29, 1.82) is 0 Å². The highest BCUT2D eigenvalue weighted by Gasteiger charge is 2.12. The lowest BCUT2D eigenvalue weighted by Crippen LogP contribution is -2.23. The average Bonchev–Trinajstić information content (AvgIpc) is 2.33. The second-order valence-corrected chi connectivity index (χ2v) is 4.61. The van der Waals surface area contributed by atoms with Crippen LogP contribution in [0.4, 0.5) is 10.1 Å². The van der Waals surface area contributed by atoms with Crippen molar-refractivity contribution in [3.8, 4) is 0 Å². The first-order valence-electron chi connectivity index (χ1n) is 5.66. The molecule has 0 aromatic heterocycles. The largest absolute Gasteiger partial charge is 0.466 e. The second-order valence-electron chi connectivity index (χ2n) is 3.80. The quantitative estimate of drug-likeness (QED) is 0.626. The van der Waals surface area contributed by atoms with Gasteiger partial charge in [-0.25, -0.2) is 4.39 Å². The van der Waals surface area contributed by atoms with E-state index in [1.54, 1.807) is 6.92 Å². The molecule has 0 saturated heterocycles. The van der Waals surface area contributed by atoms with Crippen LogP contribution >= 0.6 is 23.2 Å². The molecular formula is C12H14Cl2FNO3. The summed E-state index contributed by atoms with van der Waals surface area (Å²) in [5, 5.41) is 12.2. The molecule has 7 heteroatoms. The molecule has 0 radical (unpaired) electrons. The molecule has 1 unspecified atom stereocenters. The van der Waals surface area contributed by atoms with Crippen LogP contribution in [0.5, 0.6) is 0 Å². The average molecular weight is 310 g/mol. The zero-order valence-electron chi connectivity index (χ0n) is 10.3. The van der Waals surface area contributed by atoms with Crippen molar-refractivity contribution in [2.24, 2.45) is 0 Å². The molecule has 106 valence electrons. The number of carbonyl (C=O) groups excluding carboxylic acids is 1. The summed E-state index contributed by atoms with van der Waals surface area (Å²) < 4.78 is 17.9. The minimum Gasteiger partial charge on any atom is -0.466 e. The standard InChI is InChI=1S/C12H14Cl2FNO3/c1-2-19-11(18)5-8(17)6-16-7-3-9(13)12(15)10(14)4-7/h3-4,8,16-17H,2,5-6H2,1H3. The highest BCUT2D eigenvalue weighted by atomic mass is 35.5. The van der Waals surface area contributed by atoms with E-state index in [2.05, 4.69) is 5.32 Å². The van der Waals surface area contributed by atoms with Crippen LogP contribution in [-0.4, -0.2) is 30.3 Å². The van der Waals surface area contributed by atoms with Crippen molar-refractivity contribution < 1.29 is 19.0 Å². The summed E-state index contributed by atoms with van der Waals surface area (Å²) in [6.45, 7) is 2.05. The fraction of sp³-hybridized carbons (Fsp3) is 0.417. The van der Waals surface area contributed by atoms with Gasteiger partial charge in [0.05, 0.1) is 29.2 Å². The third kappa shape index (κ3) is 5.22. The number of aliphatic hydroxyl groups is 1. The van der Waals surface area contributed by atoms with Crippen LogP contribution in [0, 0.1) is 5.82 Å². The van der Waals surface area contributed by atoms with Crippen LogP contribution in [-0.2, 0) is 9.53 Å². The number of hydrogen-bond donors (Lipinski definition) is 2. The normalized spacial score (nSPS) is 12.1. The summed E-state index contributed by atoms with van der Waals surface area (Å²) in [6.07, 6.45) is -1.04. The van der Waals surface area contributed by atoms with E-state index in [0.29, 0.717) is 5.69 Å². The molecule has 1 rings (SSSR count). The fourth-order valence-electron chi connectivity index (χ4n) is 1.38.